The van der Waals surface area contributed by atoms with Gasteiger partial charge in [-0.25, -0.2) is 9.79 Å². The maximum atomic E-state index is 13.0. The number of nitro groups is 1. The molecule has 222 valence electrons. The average molecular weight is 585 g/mol. The lowest BCUT2D eigenvalue weighted by atomic mass is 9.99. The second-order valence-corrected chi connectivity index (χ2v) is 10.4. The van der Waals surface area contributed by atoms with Gasteiger partial charge in [0.2, 0.25) is 5.91 Å². The number of aromatic nitrogens is 1. The maximum absolute atomic E-state index is 13.0. The van der Waals surface area contributed by atoms with E-state index >= 15 is 0 Å². The van der Waals surface area contributed by atoms with Crippen molar-refractivity contribution >= 4 is 45.6 Å². The number of likely N-dealkylation sites (N-methyl/N-ethyl adjacent to an activating group) is 2. The predicted molar refractivity (Wildman–Crippen MR) is 163 cm³/mol. The lowest BCUT2D eigenvalue weighted by Crippen LogP contribution is -2.48. The number of aliphatic imine (C=N–C) groups is 1. The minimum absolute atomic E-state index is 0.0248. The Balaban J connectivity index is 1.52. The highest BCUT2D eigenvalue weighted by molar-refractivity contribution is 6.22. The third kappa shape index (κ3) is 6.40. The van der Waals surface area contributed by atoms with Gasteiger partial charge in [-0.1, -0.05) is 12.1 Å². The number of amides is 1. The third-order valence-electron chi connectivity index (χ3n) is 7.57. The smallest absolute Gasteiger partial charge is 0.337 e. The van der Waals surface area contributed by atoms with E-state index < -0.39 is 10.9 Å². The van der Waals surface area contributed by atoms with Gasteiger partial charge in [0, 0.05) is 67.5 Å². The van der Waals surface area contributed by atoms with E-state index in [-0.39, 0.29) is 34.3 Å². The van der Waals surface area contributed by atoms with E-state index in [9.17, 15) is 24.8 Å². The number of benzene rings is 3. The molecule has 12 heteroatoms. The molecule has 0 unspecified atom stereocenters. The quantitative estimate of drug-likeness (QED) is 0.137. The Labute approximate surface area is 248 Å². The number of anilines is 1. The number of piperazine rings is 1. The molecule has 1 aromatic heterocycles. The van der Waals surface area contributed by atoms with Gasteiger partial charge in [-0.15, -0.1) is 0 Å². The number of methoxy groups -OCH3 is 1. The zero-order valence-electron chi connectivity index (χ0n) is 24.1. The molecule has 1 fully saturated rings. The summed E-state index contributed by atoms with van der Waals surface area (Å²) < 4.78 is 4.86. The van der Waals surface area contributed by atoms with Crippen molar-refractivity contribution in [1.29, 1.82) is 0 Å². The zero-order chi connectivity index (χ0) is 30.7. The monoisotopic (exact) mass is 584 g/mol. The van der Waals surface area contributed by atoms with Gasteiger partial charge in [0.1, 0.15) is 0 Å². The minimum atomic E-state index is -0.552. The van der Waals surface area contributed by atoms with Crippen LogP contribution in [-0.4, -0.2) is 96.3 Å². The second kappa shape index (κ2) is 12.4. The number of H-pyrrole nitrogens is 1. The van der Waals surface area contributed by atoms with Crippen LogP contribution >= 0.6 is 0 Å². The second-order valence-electron chi connectivity index (χ2n) is 10.4. The fourth-order valence-electron chi connectivity index (χ4n) is 5.02. The number of nitro benzene ring substituents is 1. The van der Waals surface area contributed by atoms with Crippen LogP contribution in [0.1, 0.15) is 21.5 Å². The number of carbonyl (C=O) groups is 2. The minimum Gasteiger partial charge on any atom is -0.494 e. The van der Waals surface area contributed by atoms with Gasteiger partial charge in [-0.3, -0.25) is 19.8 Å². The summed E-state index contributed by atoms with van der Waals surface area (Å²) in [7, 11) is 5.08. The Hall–Kier alpha value is -5.07. The summed E-state index contributed by atoms with van der Waals surface area (Å²) in [4.78, 5) is 50.0. The summed E-state index contributed by atoms with van der Waals surface area (Å²) in [6, 6.07) is 17.7. The van der Waals surface area contributed by atoms with E-state index in [1.165, 1.54) is 19.2 Å². The van der Waals surface area contributed by atoms with Crippen molar-refractivity contribution in [1.82, 2.24) is 14.8 Å². The first-order chi connectivity index (χ1) is 20.6. The van der Waals surface area contributed by atoms with Crippen molar-refractivity contribution in [2.75, 3.05) is 58.8 Å². The number of aromatic amines is 1. The van der Waals surface area contributed by atoms with E-state index in [1.807, 2.05) is 0 Å². The fraction of sp³-hybridized carbons (Fsp3) is 0.258. The van der Waals surface area contributed by atoms with Crippen LogP contribution in [0.5, 0.6) is 5.88 Å². The van der Waals surface area contributed by atoms with Crippen LogP contribution in [0.2, 0.25) is 0 Å². The molecule has 12 nitrogen and oxygen atoms in total. The highest BCUT2D eigenvalue weighted by Gasteiger charge is 2.23. The molecule has 0 atom stereocenters. The van der Waals surface area contributed by atoms with Crippen molar-refractivity contribution in [3.8, 4) is 5.88 Å². The van der Waals surface area contributed by atoms with Crippen molar-refractivity contribution in [3.63, 3.8) is 0 Å². The Morgan fingerprint density at radius 3 is 2.44 bits per heavy atom. The Bertz CT molecular complexity index is 1710. The topological polar surface area (TPSA) is 145 Å². The van der Waals surface area contributed by atoms with Crippen molar-refractivity contribution in [2.24, 2.45) is 4.99 Å². The molecule has 0 aliphatic carbocycles. The SMILES string of the molecule is COC(=O)c1ccc2[nH]c(O)c(C(=Nc3ccc(N(C)C(=O)CN4CCN(C)CC4)cc3)c3cccc([N+](=O)[O-])c3)c2c1. The first kappa shape index (κ1) is 29.4. The standard InChI is InChI=1S/C31H32N6O6/c1-34-13-15-36(16-14-34)19-27(38)35(2)23-10-8-22(9-11-23)32-29(20-5-4-6-24(17-20)37(41)42)28-25-18-21(31(40)43-3)7-12-26(25)33-30(28)39/h4-12,17-18,33,39H,13-16,19H2,1-3H3. The Morgan fingerprint density at radius 1 is 1.05 bits per heavy atom. The molecule has 2 N–H and O–H groups in total. The van der Waals surface area contributed by atoms with Crippen LogP contribution in [0, 0.1) is 10.1 Å². The molecule has 3 aromatic carbocycles. The number of rotatable bonds is 8. The number of esters is 1. The Kier molecular flexibility index (Phi) is 8.51. The average Bonchev–Trinajstić information content (AvgIpc) is 3.35. The van der Waals surface area contributed by atoms with E-state index in [0.29, 0.717) is 34.4 Å². The molecule has 0 bridgehead atoms. The van der Waals surface area contributed by atoms with Gasteiger partial charge in [-0.2, -0.15) is 0 Å². The van der Waals surface area contributed by atoms with Crippen molar-refractivity contribution < 1.29 is 24.4 Å². The van der Waals surface area contributed by atoms with Crippen molar-refractivity contribution in [3.05, 3.63) is 93.5 Å². The molecule has 0 spiro atoms. The predicted octanol–water partition coefficient (Wildman–Crippen LogP) is 3.95. The molecule has 5 rings (SSSR count). The van der Waals surface area contributed by atoms with E-state index in [0.717, 1.165) is 26.2 Å². The number of aromatic hydroxyl groups is 1. The summed E-state index contributed by atoms with van der Waals surface area (Å²) in [5, 5.41) is 23.1. The molecular weight excluding hydrogens is 552 g/mol. The summed E-state index contributed by atoms with van der Waals surface area (Å²) in [6.07, 6.45) is 0. The number of fused-ring (bicyclic) bond motifs is 1. The molecule has 43 heavy (non-hydrogen) atoms. The first-order valence-electron chi connectivity index (χ1n) is 13.7. The van der Waals surface area contributed by atoms with E-state index in [4.69, 9.17) is 9.73 Å². The van der Waals surface area contributed by atoms with Crippen LogP contribution in [0.15, 0.2) is 71.7 Å². The van der Waals surface area contributed by atoms with E-state index in [2.05, 4.69) is 21.8 Å². The number of non-ortho nitro benzene ring substituents is 1. The van der Waals surface area contributed by atoms with Gasteiger partial charge < -0.3 is 24.6 Å². The third-order valence-corrected chi connectivity index (χ3v) is 7.57. The molecule has 1 aliphatic heterocycles. The highest BCUT2D eigenvalue weighted by Crippen LogP contribution is 2.33. The van der Waals surface area contributed by atoms with Crippen LogP contribution < -0.4 is 4.90 Å². The van der Waals surface area contributed by atoms with Gasteiger partial charge in [-0.05, 0) is 49.5 Å². The molecule has 0 radical (unpaired) electrons. The molecule has 2 heterocycles. The van der Waals surface area contributed by atoms with Gasteiger partial charge in [0.05, 0.1) is 41.1 Å². The normalized spacial score (nSPS) is 14.5. The molecule has 1 amide bonds. The van der Waals surface area contributed by atoms with Gasteiger partial charge >= 0.3 is 5.97 Å². The van der Waals surface area contributed by atoms with Crippen molar-refractivity contribution in [2.45, 2.75) is 0 Å². The van der Waals surface area contributed by atoms with Gasteiger partial charge in [0.25, 0.3) is 5.69 Å². The number of hydrogen-bond donors (Lipinski definition) is 2. The number of carbonyl (C=O) groups excluding carboxylic acids is 2. The molecule has 0 saturated carbocycles. The number of ether oxygens (including phenoxy) is 1. The first-order valence-corrected chi connectivity index (χ1v) is 13.7. The van der Waals surface area contributed by atoms with Crippen LogP contribution in [-0.2, 0) is 9.53 Å². The van der Waals surface area contributed by atoms with Crippen LogP contribution in [0.25, 0.3) is 10.9 Å². The summed E-state index contributed by atoms with van der Waals surface area (Å²) >= 11 is 0. The molecule has 1 saturated heterocycles. The fourth-order valence-corrected chi connectivity index (χ4v) is 5.02. The largest absolute Gasteiger partial charge is 0.494 e. The summed E-state index contributed by atoms with van der Waals surface area (Å²) in [6.45, 7) is 3.85. The number of nitrogens with one attached hydrogen (secondary N) is 1. The lowest BCUT2D eigenvalue weighted by Gasteiger charge is -2.32. The molecule has 1 aliphatic rings. The summed E-state index contributed by atoms with van der Waals surface area (Å²) in [5.41, 5.74) is 2.74. The highest BCUT2D eigenvalue weighted by atomic mass is 16.6. The van der Waals surface area contributed by atoms with E-state index in [1.54, 1.807) is 66.5 Å². The zero-order valence-corrected chi connectivity index (χ0v) is 24.1. The molecular formula is C31H32N6O6. The molecule has 4 aromatic rings. The number of hydrogen-bond acceptors (Lipinski definition) is 9. The van der Waals surface area contributed by atoms with Crippen LogP contribution in [0.4, 0.5) is 17.1 Å². The number of nitrogens with zero attached hydrogens (tertiary/aromatic N) is 5. The summed E-state index contributed by atoms with van der Waals surface area (Å²) in [5.74, 6) is -0.791. The lowest BCUT2D eigenvalue weighted by molar-refractivity contribution is -0.384. The maximum Gasteiger partial charge on any atom is 0.337 e. The van der Waals surface area contributed by atoms with Crippen LogP contribution in [0.3, 0.4) is 0 Å². The Morgan fingerprint density at radius 2 is 1.77 bits per heavy atom. The van der Waals surface area contributed by atoms with Gasteiger partial charge in [0.15, 0.2) is 5.88 Å².